The molecule has 1 N–H and O–H groups in total. The van der Waals surface area contributed by atoms with Crippen molar-refractivity contribution in [3.8, 4) is 5.75 Å². The van der Waals surface area contributed by atoms with E-state index in [0.717, 1.165) is 30.5 Å². The largest absolute Gasteiger partial charge is 0.495 e. The quantitative estimate of drug-likeness (QED) is 0.870. The molecule has 0 aromatic heterocycles. The number of aryl methyl sites for hydroxylation is 1. The van der Waals surface area contributed by atoms with Crippen molar-refractivity contribution in [1.82, 2.24) is 4.90 Å². The van der Waals surface area contributed by atoms with Crippen LogP contribution in [0.4, 0.5) is 10.5 Å². The van der Waals surface area contributed by atoms with Crippen LogP contribution >= 0.6 is 0 Å². The summed E-state index contributed by atoms with van der Waals surface area (Å²) in [6.45, 7) is 3.35. The molecule has 0 bridgehead atoms. The fourth-order valence-corrected chi connectivity index (χ4v) is 3.75. The second kappa shape index (κ2) is 7.54. The van der Waals surface area contributed by atoms with E-state index in [-0.39, 0.29) is 11.6 Å². The van der Waals surface area contributed by atoms with Gasteiger partial charge in [0, 0.05) is 32.4 Å². The summed E-state index contributed by atoms with van der Waals surface area (Å²) in [5.41, 5.74) is 3.72. The molecule has 2 aliphatic rings. The SMILES string of the molecule is COc1ccccc1NC(=O)N1CCC2(CC1)CC(c1ccc(C)cc1)=NO2. The Bertz CT molecular complexity index is 884. The van der Waals surface area contributed by atoms with E-state index in [1.165, 1.54) is 5.56 Å². The molecular formula is C22H25N3O3. The summed E-state index contributed by atoms with van der Waals surface area (Å²) in [5, 5.41) is 7.30. The van der Waals surface area contributed by atoms with Gasteiger partial charge in [0.1, 0.15) is 11.4 Å². The van der Waals surface area contributed by atoms with Crippen LogP contribution in [0.15, 0.2) is 53.7 Å². The van der Waals surface area contributed by atoms with Crippen molar-refractivity contribution in [3.63, 3.8) is 0 Å². The lowest BCUT2D eigenvalue weighted by molar-refractivity contribution is -0.0544. The van der Waals surface area contributed by atoms with Crippen LogP contribution < -0.4 is 10.1 Å². The minimum absolute atomic E-state index is 0.114. The highest BCUT2D eigenvalue weighted by Gasteiger charge is 2.43. The van der Waals surface area contributed by atoms with Gasteiger partial charge in [-0.15, -0.1) is 0 Å². The van der Waals surface area contributed by atoms with Crippen LogP contribution in [0.3, 0.4) is 0 Å². The monoisotopic (exact) mass is 379 g/mol. The molecule has 0 atom stereocenters. The second-order valence-corrected chi connectivity index (χ2v) is 7.47. The Labute approximate surface area is 165 Å². The number of likely N-dealkylation sites (tertiary alicyclic amines) is 1. The van der Waals surface area contributed by atoms with Crippen LogP contribution in [0.25, 0.3) is 0 Å². The second-order valence-electron chi connectivity index (χ2n) is 7.47. The zero-order valence-corrected chi connectivity index (χ0v) is 16.3. The van der Waals surface area contributed by atoms with Gasteiger partial charge in [0.25, 0.3) is 0 Å². The standard InChI is InChI=1S/C22H25N3O3/c1-16-7-9-17(10-8-16)19-15-22(28-24-19)11-13-25(14-12-22)21(26)23-18-5-3-4-6-20(18)27-2/h3-10H,11-15H2,1-2H3,(H,23,26). The number of para-hydroxylation sites is 2. The first-order valence-corrected chi connectivity index (χ1v) is 9.60. The van der Waals surface area contributed by atoms with Gasteiger partial charge in [-0.3, -0.25) is 0 Å². The number of nitrogens with one attached hydrogen (secondary N) is 1. The Kier molecular flexibility index (Phi) is 4.94. The molecule has 2 heterocycles. The van der Waals surface area contributed by atoms with Gasteiger partial charge in [-0.2, -0.15) is 0 Å². The summed E-state index contributed by atoms with van der Waals surface area (Å²) in [4.78, 5) is 20.3. The molecule has 1 fully saturated rings. The van der Waals surface area contributed by atoms with Crippen molar-refractivity contribution in [1.29, 1.82) is 0 Å². The first-order chi connectivity index (χ1) is 13.6. The predicted molar refractivity (Wildman–Crippen MR) is 109 cm³/mol. The molecule has 2 amide bonds. The molecule has 0 radical (unpaired) electrons. The molecule has 6 heteroatoms. The first kappa shape index (κ1) is 18.3. The summed E-state index contributed by atoms with van der Waals surface area (Å²) in [7, 11) is 1.60. The average Bonchev–Trinajstić information content (AvgIpc) is 3.13. The lowest BCUT2D eigenvalue weighted by Gasteiger charge is -2.37. The number of nitrogens with zero attached hydrogens (tertiary/aromatic N) is 2. The van der Waals surface area contributed by atoms with E-state index in [4.69, 9.17) is 9.57 Å². The average molecular weight is 379 g/mol. The van der Waals surface area contributed by atoms with Gasteiger partial charge in [0.2, 0.25) is 0 Å². The highest BCUT2D eigenvalue weighted by molar-refractivity contribution is 6.01. The first-order valence-electron chi connectivity index (χ1n) is 9.60. The zero-order chi connectivity index (χ0) is 19.6. The van der Waals surface area contributed by atoms with E-state index >= 15 is 0 Å². The molecule has 146 valence electrons. The van der Waals surface area contributed by atoms with Crippen molar-refractivity contribution in [3.05, 3.63) is 59.7 Å². The highest BCUT2D eigenvalue weighted by Crippen LogP contribution is 2.36. The summed E-state index contributed by atoms with van der Waals surface area (Å²) < 4.78 is 5.30. The number of ether oxygens (including phenoxy) is 1. The number of carbonyl (C=O) groups excluding carboxylic acids is 1. The molecule has 0 saturated carbocycles. The summed E-state index contributed by atoms with van der Waals surface area (Å²) >= 11 is 0. The maximum absolute atomic E-state index is 12.6. The maximum atomic E-state index is 12.6. The van der Waals surface area contributed by atoms with Gasteiger partial charge >= 0.3 is 6.03 Å². The Morgan fingerprint density at radius 1 is 1.14 bits per heavy atom. The van der Waals surface area contributed by atoms with Crippen molar-refractivity contribution in [2.45, 2.75) is 31.8 Å². The summed E-state index contributed by atoms with van der Waals surface area (Å²) in [5.74, 6) is 0.652. The molecule has 1 saturated heterocycles. The molecule has 0 aliphatic carbocycles. The summed E-state index contributed by atoms with van der Waals surface area (Å²) in [6, 6.07) is 15.7. The van der Waals surface area contributed by atoms with Crippen molar-refractivity contribution >= 4 is 17.4 Å². The lowest BCUT2D eigenvalue weighted by Crippen LogP contribution is -2.48. The van der Waals surface area contributed by atoms with Crippen LogP contribution in [0.1, 0.15) is 30.4 Å². The molecular weight excluding hydrogens is 354 g/mol. The number of hydrogen-bond donors (Lipinski definition) is 1. The third kappa shape index (κ3) is 3.67. The minimum atomic E-state index is -0.290. The smallest absolute Gasteiger partial charge is 0.321 e. The molecule has 2 aliphatic heterocycles. The number of oxime groups is 1. The summed E-state index contributed by atoms with van der Waals surface area (Å²) in [6.07, 6.45) is 2.33. The third-order valence-electron chi connectivity index (χ3n) is 5.53. The van der Waals surface area contributed by atoms with Gasteiger partial charge in [-0.25, -0.2) is 4.79 Å². The molecule has 4 rings (SSSR count). The lowest BCUT2D eigenvalue weighted by atomic mass is 9.85. The number of carbonyl (C=O) groups is 1. The van der Waals surface area contributed by atoms with E-state index in [0.29, 0.717) is 24.5 Å². The fraction of sp³-hybridized carbons (Fsp3) is 0.364. The Morgan fingerprint density at radius 2 is 1.86 bits per heavy atom. The van der Waals surface area contributed by atoms with E-state index in [2.05, 4.69) is 41.7 Å². The molecule has 1 spiro atoms. The molecule has 2 aromatic rings. The number of amides is 2. The number of methoxy groups -OCH3 is 1. The Hall–Kier alpha value is -3.02. The molecule has 28 heavy (non-hydrogen) atoms. The molecule has 0 unspecified atom stereocenters. The van der Waals surface area contributed by atoms with Crippen LogP contribution in [-0.2, 0) is 4.84 Å². The minimum Gasteiger partial charge on any atom is -0.495 e. The van der Waals surface area contributed by atoms with Crippen molar-refractivity contribution in [2.75, 3.05) is 25.5 Å². The van der Waals surface area contributed by atoms with Crippen LogP contribution in [0.5, 0.6) is 5.75 Å². The van der Waals surface area contributed by atoms with E-state index in [9.17, 15) is 4.79 Å². The number of rotatable bonds is 3. The maximum Gasteiger partial charge on any atom is 0.321 e. The molecule has 6 nitrogen and oxygen atoms in total. The fourth-order valence-electron chi connectivity index (χ4n) is 3.75. The predicted octanol–water partition coefficient (Wildman–Crippen LogP) is 4.19. The molecule has 2 aromatic carbocycles. The van der Waals surface area contributed by atoms with E-state index in [1.54, 1.807) is 7.11 Å². The van der Waals surface area contributed by atoms with Crippen molar-refractivity contribution < 1.29 is 14.4 Å². The highest BCUT2D eigenvalue weighted by atomic mass is 16.7. The van der Waals surface area contributed by atoms with Gasteiger partial charge in [0.15, 0.2) is 0 Å². The van der Waals surface area contributed by atoms with E-state index < -0.39 is 0 Å². The normalized spacial score (nSPS) is 17.8. The van der Waals surface area contributed by atoms with Crippen LogP contribution in [0.2, 0.25) is 0 Å². The Morgan fingerprint density at radius 3 is 2.57 bits per heavy atom. The van der Waals surface area contributed by atoms with Crippen LogP contribution in [0, 0.1) is 6.92 Å². The van der Waals surface area contributed by atoms with Gasteiger partial charge in [-0.05, 0) is 24.6 Å². The topological polar surface area (TPSA) is 63.2 Å². The number of benzene rings is 2. The zero-order valence-electron chi connectivity index (χ0n) is 16.3. The van der Waals surface area contributed by atoms with Gasteiger partial charge in [0.05, 0.1) is 18.5 Å². The van der Waals surface area contributed by atoms with Crippen molar-refractivity contribution in [2.24, 2.45) is 5.16 Å². The number of urea groups is 1. The van der Waals surface area contributed by atoms with Crippen LogP contribution in [-0.4, -0.2) is 42.4 Å². The number of hydrogen-bond acceptors (Lipinski definition) is 4. The Balaban J connectivity index is 1.35. The van der Waals surface area contributed by atoms with Gasteiger partial charge in [-0.1, -0.05) is 47.1 Å². The third-order valence-corrected chi connectivity index (χ3v) is 5.53. The number of anilines is 1. The van der Waals surface area contributed by atoms with E-state index in [1.807, 2.05) is 29.2 Å². The van der Waals surface area contributed by atoms with Gasteiger partial charge < -0.3 is 19.8 Å². The number of piperidine rings is 1.